The zero-order valence-electron chi connectivity index (χ0n) is 8.05. The largest absolute Gasteiger partial charge is 0.500 e. The Morgan fingerprint density at radius 2 is 2.00 bits per heavy atom. The van der Waals surface area contributed by atoms with Crippen molar-refractivity contribution in [2.24, 2.45) is 5.41 Å². The normalized spacial score (nSPS) is 12.8. The first-order valence-electron chi connectivity index (χ1n) is 3.84. The molecule has 0 aliphatic rings. The molecule has 0 saturated carbocycles. The Labute approximate surface area is 73.0 Å². The lowest BCUT2D eigenvalue weighted by Gasteiger charge is -2.16. The minimum Gasteiger partial charge on any atom is -0.500 e. The SMILES string of the molecule is CC(=COCC(C)(C)C)C(=O)O. The fourth-order valence-electron chi connectivity index (χ4n) is 0.467. The molecule has 0 amide bonds. The molecule has 0 atom stereocenters. The number of carboxylic acids is 1. The molecule has 0 aromatic rings. The minimum atomic E-state index is -0.941. The summed E-state index contributed by atoms with van der Waals surface area (Å²) in [6, 6.07) is 0. The summed E-state index contributed by atoms with van der Waals surface area (Å²) in [5, 5.41) is 8.46. The topological polar surface area (TPSA) is 46.5 Å². The lowest BCUT2D eigenvalue weighted by Crippen LogP contribution is -2.12. The van der Waals surface area contributed by atoms with Gasteiger partial charge in [0.2, 0.25) is 0 Å². The van der Waals surface area contributed by atoms with E-state index in [9.17, 15) is 4.79 Å². The van der Waals surface area contributed by atoms with Gasteiger partial charge in [0.1, 0.15) is 0 Å². The van der Waals surface area contributed by atoms with Crippen molar-refractivity contribution in [3.8, 4) is 0 Å². The van der Waals surface area contributed by atoms with Gasteiger partial charge in [-0.1, -0.05) is 20.8 Å². The zero-order chi connectivity index (χ0) is 9.78. The van der Waals surface area contributed by atoms with Crippen molar-refractivity contribution < 1.29 is 14.6 Å². The van der Waals surface area contributed by atoms with Gasteiger partial charge in [0.25, 0.3) is 0 Å². The van der Waals surface area contributed by atoms with Gasteiger partial charge in [-0.05, 0) is 12.3 Å². The van der Waals surface area contributed by atoms with Crippen LogP contribution in [-0.4, -0.2) is 17.7 Å². The van der Waals surface area contributed by atoms with Crippen molar-refractivity contribution in [3.05, 3.63) is 11.8 Å². The van der Waals surface area contributed by atoms with Crippen LogP contribution >= 0.6 is 0 Å². The van der Waals surface area contributed by atoms with E-state index in [0.29, 0.717) is 6.61 Å². The monoisotopic (exact) mass is 172 g/mol. The molecule has 0 aliphatic heterocycles. The third-order valence-corrected chi connectivity index (χ3v) is 1.11. The Morgan fingerprint density at radius 3 is 2.33 bits per heavy atom. The lowest BCUT2D eigenvalue weighted by molar-refractivity contribution is -0.132. The van der Waals surface area contributed by atoms with Gasteiger partial charge < -0.3 is 9.84 Å². The highest BCUT2D eigenvalue weighted by Crippen LogP contribution is 2.13. The van der Waals surface area contributed by atoms with Crippen LogP contribution in [0.4, 0.5) is 0 Å². The second-order valence-corrected chi connectivity index (χ2v) is 3.98. The average molecular weight is 172 g/mol. The standard InChI is InChI=1S/C9H16O3/c1-7(8(10)11)5-12-6-9(2,3)4/h5H,6H2,1-4H3,(H,10,11). The van der Waals surface area contributed by atoms with Gasteiger partial charge in [-0.2, -0.15) is 0 Å². The van der Waals surface area contributed by atoms with Crippen LogP contribution in [-0.2, 0) is 9.53 Å². The van der Waals surface area contributed by atoms with Crippen LogP contribution in [0.25, 0.3) is 0 Å². The Balaban J connectivity index is 3.83. The molecule has 0 bridgehead atoms. The van der Waals surface area contributed by atoms with E-state index in [2.05, 4.69) is 0 Å². The second kappa shape index (κ2) is 4.14. The van der Waals surface area contributed by atoms with Crippen molar-refractivity contribution in [2.45, 2.75) is 27.7 Å². The van der Waals surface area contributed by atoms with Gasteiger partial charge in [-0.15, -0.1) is 0 Å². The minimum absolute atomic E-state index is 0.0648. The third-order valence-electron chi connectivity index (χ3n) is 1.11. The van der Waals surface area contributed by atoms with Gasteiger partial charge in [-0.25, -0.2) is 4.79 Å². The summed E-state index contributed by atoms with van der Waals surface area (Å²) in [6.45, 7) is 8.10. The van der Waals surface area contributed by atoms with Crippen molar-refractivity contribution >= 4 is 5.97 Å². The van der Waals surface area contributed by atoms with Crippen LogP contribution in [0.2, 0.25) is 0 Å². The molecule has 0 spiro atoms. The molecule has 3 nitrogen and oxygen atoms in total. The highest BCUT2D eigenvalue weighted by Gasteiger charge is 2.09. The number of aliphatic carboxylic acids is 1. The molecule has 70 valence electrons. The molecule has 0 aliphatic carbocycles. The first-order valence-corrected chi connectivity index (χ1v) is 3.84. The molecule has 1 N–H and O–H groups in total. The Bertz CT molecular complexity index is 186. The van der Waals surface area contributed by atoms with E-state index in [1.165, 1.54) is 13.2 Å². The Morgan fingerprint density at radius 1 is 1.50 bits per heavy atom. The van der Waals surface area contributed by atoms with E-state index < -0.39 is 5.97 Å². The molecule has 0 aromatic carbocycles. The Kier molecular flexibility index (Phi) is 3.80. The quantitative estimate of drug-likeness (QED) is 0.523. The fraction of sp³-hybridized carbons (Fsp3) is 0.667. The van der Waals surface area contributed by atoms with E-state index in [-0.39, 0.29) is 11.0 Å². The Hall–Kier alpha value is -0.990. The molecule has 0 rings (SSSR count). The first kappa shape index (κ1) is 11.0. The summed E-state index contributed by atoms with van der Waals surface area (Å²) in [6.07, 6.45) is 1.29. The third kappa shape index (κ3) is 5.77. The molecule has 0 fully saturated rings. The summed E-state index contributed by atoms with van der Waals surface area (Å²) in [7, 11) is 0. The maximum atomic E-state index is 10.3. The molecule has 0 unspecified atom stereocenters. The summed E-state index contributed by atoms with van der Waals surface area (Å²) >= 11 is 0. The van der Waals surface area contributed by atoms with E-state index in [0.717, 1.165) is 0 Å². The zero-order valence-corrected chi connectivity index (χ0v) is 8.05. The van der Waals surface area contributed by atoms with Crippen LogP contribution in [0, 0.1) is 5.41 Å². The van der Waals surface area contributed by atoms with E-state index in [4.69, 9.17) is 9.84 Å². The van der Waals surface area contributed by atoms with E-state index >= 15 is 0 Å². The van der Waals surface area contributed by atoms with Gasteiger partial charge in [0.05, 0.1) is 18.4 Å². The van der Waals surface area contributed by atoms with Crippen LogP contribution in [0.1, 0.15) is 27.7 Å². The molecule has 3 heteroatoms. The van der Waals surface area contributed by atoms with Crippen molar-refractivity contribution in [2.75, 3.05) is 6.61 Å². The number of hydrogen-bond donors (Lipinski definition) is 1. The number of carboxylic acid groups (broad SMARTS) is 1. The van der Waals surface area contributed by atoms with Crippen LogP contribution in [0.15, 0.2) is 11.8 Å². The van der Waals surface area contributed by atoms with Crippen molar-refractivity contribution in [3.63, 3.8) is 0 Å². The summed E-state index contributed by atoms with van der Waals surface area (Å²) in [4.78, 5) is 10.3. The number of ether oxygens (including phenoxy) is 1. The van der Waals surface area contributed by atoms with Crippen LogP contribution in [0.5, 0.6) is 0 Å². The van der Waals surface area contributed by atoms with Gasteiger partial charge in [-0.3, -0.25) is 0 Å². The van der Waals surface area contributed by atoms with E-state index in [1.807, 2.05) is 20.8 Å². The molecule has 0 heterocycles. The van der Waals surface area contributed by atoms with Crippen molar-refractivity contribution in [1.29, 1.82) is 0 Å². The summed E-state index contributed by atoms with van der Waals surface area (Å²) in [5.41, 5.74) is 0.286. The maximum absolute atomic E-state index is 10.3. The lowest BCUT2D eigenvalue weighted by atomic mass is 9.99. The first-order chi connectivity index (χ1) is 5.33. The van der Waals surface area contributed by atoms with Crippen LogP contribution < -0.4 is 0 Å². The van der Waals surface area contributed by atoms with Gasteiger partial charge >= 0.3 is 5.97 Å². The maximum Gasteiger partial charge on any atom is 0.334 e. The molecule has 0 saturated heterocycles. The highest BCUT2D eigenvalue weighted by molar-refractivity contribution is 5.85. The summed E-state index contributed by atoms with van der Waals surface area (Å²) in [5.74, 6) is -0.941. The smallest absolute Gasteiger partial charge is 0.334 e. The van der Waals surface area contributed by atoms with E-state index in [1.54, 1.807) is 0 Å². The fourth-order valence-corrected chi connectivity index (χ4v) is 0.467. The molecule has 12 heavy (non-hydrogen) atoms. The number of rotatable bonds is 3. The highest BCUT2D eigenvalue weighted by atomic mass is 16.5. The van der Waals surface area contributed by atoms with Crippen LogP contribution in [0.3, 0.4) is 0 Å². The molecule has 0 aromatic heterocycles. The predicted molar refractivity (Wildman–Crippen MR) is 46.8 cm³/mol. The van der Waals surface area contributed by atoms with Crippen molar-refractivity contribution in [1.82, 2.24) is 0 Å². The molecular weight excluding hydrogens is 156 g/mol. The number of carbonyl (C=O) groups is 1. The number of hydrogen-bond acceptors (Lipinski definition) is 2. The molecular formula is C9H16O3. The molecule has 0 radical (unpaired) electrons. The average Bonchev–Trinajstić information content (AvgIpc) is 1.84. The predicted octanol–water partition coefficient (Wildman–Crippen LogP) is 2.04. The van der Waals surface area contributed by atoms with Gasteiger partial charge in [0, 0.05) is 0 Å². The van der Waals surface area contributed by atoms with Gasteiger partial charge in [0.15, 0.2) is 0 Å². The summed E-state index contributed by atoms with van der Waals surface area (Å²) < 4.78 is 5.08. The second-order valence-electron chi connectivity index (χ2n) is 3.98.